The second-order valence-corrected chi connectivity index (χ2v) is 10.1. The fourth-order valence-corrected chi connectivity index (χ4v) is 4.74. The van der Waals surface area contributed by atoms with Crippen LogP contribution in [-0.2, 0) is 0 Å². The molecule has 5 aromatic rings. The second kappa shape index (κ2) is 11.5. The molecule has 1 N–H and O–H groups in total. The fourth-order valence-electron chi connectivity index (χ4n) is 4.74. The molecule has 4 aromatic carbocycles. The molecule has 0 spiro atoms. The number of nitrogens with zero attached hydrogens (tertiary/aromatic N) is 3. The first-order valence-electron chi connectivity index (χ1n) is 13.3. The van der Waals surface area contributed by atoms with Crippen molar-refractivity contribution in [1.82, 2.24) is 9.78 Å². The highest BCUT2D eigenvalue weighted by atomic mass is 16.6. The Morgan fingerprint density at radius 1 is 0.927 bits per heavy atom. The van der Waals surface area contributed by atoms with Gasteiger partial charge in [-0.25, -0.2) is 4.68 Å². The molecule has 0 fully saturated rings. The Bertz CT molecular complexity index is 1730. The molecule has 1 heterocycles. The van der Waals surface area contributed by atoms with Gasteiger partial charge in [-0.05, 0) is 49.1 Å². The summed E-state index contributed by atoms with van der Waals surface area (Å²) in [6.45, 7) is 7.89. The fraction of sp³-hybridized carbons (Fsp3) is 0.152. The molecule has 0 unspecified atom stereocenters. The predicted molar refractivity (Wildman–Crippen MR) is 160 cm³/mol. The Morgan fingerprint density at radius 2 is 1.61 bits per heavy atom. The zero-order valence-corrected chi connectivity index (χ0v) is 23.3. The Kier molecular flexibility index (Phi) is 7.65. The van der Waals surface area contributed by atoms with Crippen molar-refractivity contribution < 1.29 is 14.5 Å². The van der Waals surface area contributed by atoms with Crippen LogP contribution in [0.3, 0.4) is 0 Å². The molecule has 5 rings (SSSR count). The highest BCUT2D eigenvalue weighted by molar-refractivity contribution is 6.09. The third kappa shape index (κ3) is 5.86. The normalized spacial score (nSPS) is 11.0. The van der Waals surface area contributed by atoms with Crippen LogP contribution < -0.4 is 10.1 Å². The van der Waals surface area contributed by atoms with E-state index in [0.717, 1.165) is 22.4 Å². The van der Waals surface area contributed by atoms with Gasteiger partial charge in [0.15, 0.2) is 0 Å². The molecule has 8 nitrogen and oxygen atoms in total. The lowest BCUT2D eigenvalue weighted by molar-refractivity contribution is -0.384. The van der Waals surface area contributed by atoms with E-state index in [4.69, 9.17) is 9.84 Å². The number of aryl methyl sites for hydroxylation is 1. The average molecular weight is 547 g/mol. The molecule has 8 heteroatoms. The summed E-state index contributed by atoms with van der Waals surface area (Å²) in [7, 11) is 0. The monoisotopic (exact) mass is 546 g/mol. The number of hydrogen-bond donors (Lipinski definition) is 1. The van der Waals surface area contributed by atoms with E-state index >= 15 is 0 Å². The van der Waals surface area contributed by atoms with E-state index in [0.29, 0.717) is 22.7 Å². The number of carbonyl (C=O) groups is 1. The van der Waals surface area contributed by atoms with Crippen molar-refractivity contribution in [2.24, 2.45) is 0 Å². The lowest BCUT2D eigenvalue weighted by Gasteiger charge is -2.15. The maximum atomic E-state index is 13.8. The average Bonchev–Trinajstić information content (AvgIpc) is 3.30. The summed E-state index contributed by atoms with van der Waals surface area (Å²) < 4.78 is 7.90. The summed E-state index contributed by atoms with van der Waals surface area (Å²) in [6, 6.07) is 29.2. The van der Waals surface area contributed by atoms with Gasteiger partial charge in [0.1, 0.15) is 17.2 Å². The van der Waals surface area contributed by atoms with Gasteiger partial charge in [0.2, 0.25) is 0 Å². The number of nitro groups is 1. The zero-order chi connectivity index (χ0) is 29.1. The minimum absolute atomic E-state index is 0.184. The van der Waals surface area contributed by atoms with Gasteiger partial charge in [0.25, 0.3) is 11.6 Å². The molecule has 0 aliphatic heterocycles. The molecular weight excluding hydrogens is 516 g/mol. The molecule has 0 atom stereocenters. The topological polar surface area (TPSA) is 99.3 Å². The number of carbonyl (C=O) groups excluding carboxylic acids is 1. The van der Waals surface area contributed by atoms with Crippen LogP contribution in [0.1, 0.15) is 46.9 Å². The van der Waals surface area contributed by atoms with Crippen LogP contribution in [-0.4, -0.2) is 20.6 Å². The largest absolute Gasteiger partial charge is 0.457 e. The van der Waals surface area contributed by atoms with Crippen LogP contribution in [0.25, 0.3) is 16.9 Å². The van der Waals surface area contributed by atoms with Crippen molar-refractivity contribution in [2.75, 3.05) is 5.32 Å². The Morgan fingerprint density at radius 3 is 2.27 bits per heavy atom. The number of benzene rings is 4. The lowest BCUT2D eigenvalue weighted by atomic mass is 10.0. The summed E-state index contributed by atoms with van der Waals surface area (Å²) in [6.07, 6.45) is 0. The SMILES string of the molecule is Cc1ccc(C(C)C)c(Oc2cc(NC(=O)c3c(-c4ccccc4)nn(-c4ccccc4)c3C)cc([N+](=O)[O-])c2)c1. The van der Waals surface area contributed by atoms with Crippen molar-refractivity contribution in [1.29, 1.82) is 0 Å². The number of nitro benzene ring substituents is 1. The molecule has 206 valence electrons. The molecule has 1 aromatic heterocycles. The number of non-ortho nitro benzene ring substituents is 1. The van der Waals surface area contributed by atoms with E-state index in [1.165, 1.54) is 12.1 Å². The predicted octanol–water partition coefficient (Wildman–Crippen LogP) is 8.23. The highest BCUT2D eigenvalue weighted by Gasteiger charge is 2.24. The molecule has 0 bridgehead atoms. The van der Waals surface area contributed by atoms with Crippen molar-refractivity contribution >= 4 is 17.3 Å². The van der Waals surface area contributed by atoms with Crippen LogP contribution in [0.4, 0.5) is 11.4 Å². The third-order valence-corrected chi connectivity index (χ3v) is 6.77. The number of amides is 1. The number of hydrogen-bond acceptors (Lipinski definition) is 5. The van der Waals surface area contributed by atoms with E-state index in [-0.39, 0.29) is 23.0 Å². The number of anilines is 1. The quantitative estimate of drug-likeness (QED) is 0.156. The molecule has 41 heavy (non-hydrogen) atoms. The maximum Gasteiger partial charge on any atom is 0.275 e. The van der Waals surface area contributed by atoms with Gasteiger partial charge in [-0.1, -0.05) is 74.5 Å². The molecular formula is C33H30N4O4. The van der Waals surface area contributed by atoms with E-state index < -0.39 is 10.8 Å². The van der Waals surface area contributed by atoms with E-state index in [1.807, 2.05) is 92.7 Å². The van der Waals surface area contributed by atoms with Gasteiger partial charge in [0.05, 0.1) is 33.6 Å². The first-order valence-corrected chi connectivity index (χ1v) is 13.3. The van der Waals surface area contributed by atoms with Gasteiger partial charge >= 0.3 is 0 Å². The van der Waals surface area contributed by atoms with Gasteiger partial charge in [-0.3, -0.25) is 14.9 Å². The number of nitrogens with one attached hydrogen (secondary N) is 1. The van der Waals surface area contributed by atoms with Gasteiger partial charge in [0, 0.05) is 17.7 Å². The standard InChI is InChI=1S/C33H30N4O4/c1-21(2)29-16-15-22(3)17-30(29)41-28-19-25(18-27(20-28)37(39)40)34-33(38)31-23(4)36(26-13-9-6-10-14-26)35-32(31)24-11-7-5-8-12-24/h5-21H,1-4H3,(H,34,38). The van der Waals surface area contributed by atoms with Gasteiger partial charge < -0.3 is 10.1 Å². The minimum Gasteiger partial charge on any atom is -0.457 e. The molecule has 0 aliphatic carbocycles. The Hall–Kier alpha value is -5.24. The molecule has 0 radical (unpaired) electrons. The molecule has 1 amide bonds. The summed E-state index contributed by atoms with van der Waals surface area (Å²) in [5, 5.41) is 19.5. The van der Waals surface area contributed by atoms with Gasteiger partial charge in [-0.15, -0.1) is 0 Å². The number of ether oxygens (including phenoxy) is 1. The Labute approximate surface area is 238 Å². The number of rotatable bonds is 8. The van der Waals surface area contributed by atoms with Crippen molar-refractivity contribution in [3.63, 3.8) is 0 Å². The molecule has 0 aliphatic rings. The summed E-state index contributed by atoms with van der Waals surface area (Å²) >= 11 is 0. The lowest BCUT2D eigenvalue weighted by Crippen LogP contribution is -2.14. The summed E-state index contributed by atoms with van der Waals surface area (Å²) in [5.74, 6) is 0.614. The number of aromatic nitrogens is 2. The highest BCUT2D eigenvalue weighted by Crippen LogP contribution is 2.35. The van der Waals surface area contributed by atoms with Crippen LogP contribution in [0, 0.1) is 24.0 Å². The van der Waals surface area contributed by atoms with Crippen molar-refractivity contribution in [3.05, 3.63) is 130 Å². The van der Waals surface area contributed by atoms with Crippen LogP contribution in [0.5, 0.6) is 11.5 Å². The minimum atomic E-state index is -0.504. The first-order chi connectivity index (χ1) is 19.7. The van der Waals surface area contributed by atoms with Crippen LogP contribution >= 0.6 is 0 Å². The van der Waals surface area contributed by atoms with E-state index in [1.54, 1.807) is 10.7 Å². The summed E-state index contributed by atoms with van der Waals surface area (Å²) in [5.41, 5.74) is 5.12. The molecule has 0 saturated heterocycles. The van der Waals surface area contributed by atoms with Gasteiger partial charge in [-0.2, -0.15) is 5.10 Å². The smallest absolute Gasteiger partial charge is 0.275 e. The number of para-hydroxylation sites is 1. The third-order valence-electron chi connectivity index (χ3n) is 6.77. The second-order valence-electron chi connectivity index (χ2n) is 10.1. The maximum absolute atomic E-state index is 13.8. The van der Waals surface area contributed by atoms with Crippen LogP contribution in [0.15, 0.2) is 97.1 Å². The Balaban J connectivity index is 1.55. The first kappa shape index (κ1) is 27.3. The summed E-state index contributed by atoms with van der Waals surface area (Å²) in [4.78, 5) is 25.2. The van der Waals surface area contributed by atoms with Crippen LogP contribution in [0.2, 0.25) is 0 Å². The van der Waals surface area contributed by atoms with Crippen molar-refractivity contribution in [2.45, 2.75) is 33.6 Å². The van der Waals surface area contributed by atoms with E-state index in [9.17, 15) is 14.9 Å². The molecule has 0 saturated carbocycles. The van der Waals surface area contributed by atoms with E-state index in [2.05, 4.69) is 19.2 Å². The van der Waals surface area contributed by atoms with Crippen molar-refractivity contribution in [3.8, 4) is 28.4 Å². The zero-order valence-electron chi connectivity index (χ0n) is 23.3.